The highest BCUT2D eigenvalue weighted by Crippen LogP contribution is 2.36. The molecule has 0 bridgehead atoms. The lowest BCUT2D eigenvalue weighted by molar-refractivity contribution is -0.139. The molecule has 1 aliphatic heterocycles. The van der Waals surface area contributed by atoms with Crippen LogP contribution in [-0.2, 0) is 16.0 Å². The number of halogens is 1. The van der Waals surface area contributed by atoms with Gasteiger partial charge in [-0.15, -0.1) is 0 Å². The molecular weight excluding hydrogens is 426 g/mol. The fourth-order valence-electron chi connectivity index (χ4n) is 3.94. The summed E-state index contributed by atoms with van der Waals surface area (Å²) in [5.74, 6) is 0.400. The molecule has 2 aromatic carbocycles. The third kappa shape index (κ3) is 5.57. The number of Topliss-reactive ketones (excluding diaryl/α,β-unsaturated/α-hetero) is 1. The molecule has 0 saturated carbocycles. The maximum absolute atomic E-state index is 13.3. The van der Waals surface area contributed by atoms with Gasteiger partial charge in [0.25, 0.3) is 0 Å². The van der Waals surface area contributed by atoms with Crippen molar-refractivity contribution in [2.24, 2.45) is 5.41 Å². The van der Waals surface area contributed by atoms with Crippen molar-refractivity contribution < 1.29 is 9.59 Å². The van der Waals surface area contributed by atoms with Crippen LogP contribution in [0.4, 0.5) is 0 Å². The van der Waals surface area contributed by atoms with Crippen molar-refractivity contribution in [3.05, 3.63) is 71.8 Å². The molecule has 29 heavy (non-hydrogen) atoms. The van der Waals surface area contributed by atoms with E-state index in [-0.39, 0.29) is 35.0 Å². The molecule has 4 heteroatoms. The second-order valence-electron chi connectivity index (χ2n) is 9.03. The van der Waals surface area contributed by atoms with E-state index in [1.54, 1.807) is 0 Å². The average molecular weight is 456 g/mol. The lowest BCUT2D eigenvalue weighted by Crippen LogP contribution is -2.48. The summed E-state index contributed by atoms with van der Waals surface area (Å²) < 4.78 is 0. The number of carbonyl (C=O) groups excluding carboxylic acids is 2. The molecule has 1 fully saturated rings. The predicted octanol–water partition coefficient (Wildman–Crippen LogP) is 5.38. The van der Waals surface area contributed by atoms with E-state index in [9.17, 15) is 9.59 Å². The number of carbonyl (C=O) groups is 2. The minimum Gasteiger partial charge on any atom is -0.331 e. The Bertz CT molecular complexity index is 829. The summed E-state index contributed by atoms with van der Waals surface area (Å²) in [5, 5.41) is 0. The van der Waals surface area contributed by atoms with Crippen molar-refractivity contribution >= 4 is 27.6 Å². The van der Waals surface area contributed by atoms with Gasteiger partial charge < -0.3 is 4.90 Å². The number of amides is 1. The quantitative estimate of drug-likeness (QED) is 0.567. The predicted molar refractivity (Wildman–Crippen MR) is 121 cm³/mol. The number of alkyl halides is 1. The van der Waals surface area contributed by atoms with Crippen LogP contribution in [0.3, 0.4) is 0 Å². The number of ketones is 1. The van der Waals surface area contributed by atoms with Gasteiger partial charge in [0, 0.05) is 11.5 Å². The molecule has 0 spiro atoms. The molecule has 1 amide bonds. The second kappa shape index (κ2) is 9.25. The van der Waals surface area contributed by atoms with E-state index in [4.69, 9.17) is 0 Å². The molecule has 3 atom stereocenters. The molecule has 0 aromatic heterocycles. The molecule has 0 radical (unpaired) electrons. The number of likely N-dealkylation sites (tertiary alicyclic amines) is 1. The number of rotatable bonds is 5. The summed E-state index contributed by atoms with van der Waals surface area (Å²) in [6.07, 6.45) is 2.35. The van der Waals surface area contributed by atoms with Crippen LogP contribution < -0.4 is 0 Å². The maximum Gasteiger partial charge on any atom is 0.237 e. The van der Waals surface area contributed by atoms with Gasteiger partial charge in [-0.3, -0.25) is 9.59 Å². The Labute approximate surface area is 182 Å². The Morgan fingerprint density at radius 3 is 2.17 bits per heavy atom. The normalized spacial score (nSPS) is 23.0. The fourth-order valence-corrected chi connectivity index (χ4v) is 4.65. The third-order valence-corrected chi connectivity index (χ3v) is 6.54. The van der Waals surface area contributed by atoms with Gasteiger partial charge in [0.05, 0.1) is 11.4 Å². The summed E-state index contributed by atoms with van der Waals surface area (Å²) in [5.41, 5.74) is 1.98. The zero-order valence-corrected chi connectivity index (χ0v) is 19.1. The van der Waals surface area contributed by atoms with E-state index in [1.165, 1.54) is 11.1 Å². The molecule has 3 rings (SSSR count). The van der Waals surface area contributed by atoms with Crippen molar-refractivity contribution in [3.8, 4) is 0 Å². The largest absolute Gasteiger partial charge is 0.331 e. The SMILES string of the molecule is CC(C)(C)C(=O)CN1C(=O)C(Br)CC(c2ccccc2)CC1Cc1ccccc1. The first-order valence-corrected chi connectivity index (χ1v) is 11.2. The highest BCUT2D eigenvalue weighted by atomic mass is 79.9. The monoisotopic (exact) mass is 455 g/mol. The summed E-state index contributed by atoms with van der Waals surface area (Å²) >= 11 is 3.63. The standard InChI is InChI=1S/C25H30BrNO2/c1-25(2,3)23(28)17-27-21(14-18-10-6-4-7-11-18)15-20(16-22(26)24(27)29)19-12-8-5-9-13-19/h4-13,20-22H,14-17H2,1-3H3. The van der Waals surface area contributed by atoms with Crippen LogP contribution in [0.2, 0.25) is 0 Å². The van der Waals surface area contributed by atoms with Crippen LogP contribution in [0.5, 0.6) is 0 Å². The Balaban J connectivity index is 1.94. The Hall–Kier alpha value is -1.94. The second-order valence-corrected chi connectivity index (χ2v) is 10.1. The van der Waals surface area contributed by atoms with Gasteiger partial charge in [-0.2, -0.15) is 0 Å². The van der Waals surface area contributed by atoms with Crippen LogP contribution >= 0.6 is 15.9 Å². The van der Waals surface area contributed by atoms with E-state index in [2.05, 4.69) is 52.3 Å². The van der Waals surface area contributed by atoms with Gasteiger partial charge in [0.2, 0.25) is 5.91 Å². The molecule has 0 N–H and O–H groups in total. The first-order valence-electron chi connectivity index (χ1n) is 10.3. The van der Waals surface area contributed by atoms with Gasteiger partial charge in [0.1, 0.15) is 0 Å². The molecule has 154 valence electrons. The van der Waals surface area contributed by atoms with E-state index < -0.39 is 5.41 Å². The number of nitrogens with zero attached hydrogens (tertiary/aromatic N) is 1. The first kappa shape index (κ1) is 21.8. The van der Waals surface area contributed by atoms with Crippen LogP contribution in [-0.4, -0.2) is 34.0 Å². The summed E-state index contributed by atoms with van der Waals surface area (Å²) in [6.45, 7) is 5.93. The smallest absolute Gasteiger partial charge is 0.237 e. The van der Waals surface area contributed by atoms with Crippen LogP contribution in [0.15, 0.2) is 60.7 Å². The summed E-state index contributed by atoms with van der Waals surface area (Å²) in [6, 6.07) is 20.7. The molecule has 3 nitrogen and oxygen atoms in total. The molecule has 1 heterocycles. The minimum absolute atomic E-state index is 0.0102. The zero-order chi connectivity index (χ0) is 21.0. The lowest BCUT2D eigenvalue weighted by atomic mass is 9.87. The van der Waals surface area contributed by atoms with Gasteiger partial charge >= 0.3 is 0 Å². The molecule has 2 aromatic rings. The van der Waals surface area contributed by atoms with Crippen LogP contribution in [0, 0.1) is 5.41 Å². The Morgan fingerprint density at radius 1 is 1.00 bits per heavy atom. The summed E-state index contributed by atoms with van der Waals surface area (Å²) in [4.78, 5) is 27.7. The van der Waals surface area contributed by atoms with E-state index in [0.29, 0.717) is 0 Å². The fraction of sp³-hybridized carbons (Fsp3) is 0.440. The lowest BCUT2D eigenvalue weighted by Gasteiger charge is -2.33. The highest BCUT2D eigenvalue weighted by Gasteiger charge is 2.38. The molecule has 1 aliphatic rings. The number of benzene rings is 2. The van der Waals surface area contributed by atoms with Crippen molar-refractivity contribution in [3.63, 3.8) is 0 Å². The minimum atomic E-state index is -0.468. The van der Waals surface area contributed by atoms with Gasteiger partial charge in [-0.05, 0) is 36.3 Å². The topological polar surface area (TPSA) is 37.4 Å². The third-order valence-electron chi connectivity index (χ3n) is 5.78. The highest BCUT2D eigenvalue weighted by molar-refractivity contribution is 9.10. The summed E-state index contributed by atoms with van der Waals surface area (Å²) in [7, 11) is 0. The molecule has 3 unspecified atom stereocenters. The number of hydrogen-bond acceptors (Lipinski definition) is 2. The van der Waals surface area contributed by atoms with Gasteiger partial charge in [-0.25, -0.2) is 0 Å². The van der Waals surface area contributed by atoms with Crippen molar-refractivity contribution in [2.75, 3.05) is 6.54 Å². The first-order chi connectivity index (χ1) is 13.8. The van der Waals surface area contributed by atoms with E-state index >= 15 is 0 Å². The van der Waals surface area contributed by atoms with E-state index in [0.717, 1.165) is 19.3 Å². The Kier molecular flexibility index (Phi) is 6.94. The van der Waals surface area contributed by atoms with Crippen molar-refractivity contribution in [2.45, 2.75) is 56.8 Å². The van der Waals surface area contributed by atoms with Crippen LogP contribution in [0.1, 0.15) is 50.7 Å². The molecular formula is C25H30BrNO2. The van der Waals surface area contributed by atoms with Crippen LogP contribution in [0.25, 0.3) is 0 Å². The van der Waals surface area contributed by atoms with E-state index in [1.807, 2.05) is 49.9 Å². The number of hydrogen-bond donors (Lipinski definition) is 0. The Morgan fingerprint density at radius 2 is 1.59 bits per heavy atom. The molecule has 0 aliphatic carbocycles. The van der Waals surface area contributed by atoms with Crippen molar-refractivity contribution in [1.29, 1.82) is 0 Å². The van der Waals surface area contributed by atoms with Crippen molar-refractivity contribution in [1.82, 2.24) is 4.90 Å². The van der Waals surface area contributed by atoms with Gasteiger partial charge in [-0.1, -0.05) is 97.4 Å². The maximum atomic E-state index is 13.3. The van der Waals surface area contributed by atoms with Gasteiger partial charge in [0.15, 0.2) is 5.78 Å². The average Bonchev–Trinajstić information content (AvgIpc) is 2.81. The molecule has 1 saturated heterocycles. The zero-order valence-electron chi connectivity index (χ0n) is 17.5.